The van der Waals surface area contributed by atoms with Gasteiger partial charge in [-0.05, 0) is 25.5 Å². The molecule has 0 saturated heterocycles. The number of aromatic nitrogens is 3. The molecule has 0 fully saturated rings. The van der Waals surface area contributed by atoms with Crippen molar-refractivity contribution in [2.24, 2.45) is 12.0 Å². The zero-order valence-electron chi connectivity index (χ0n) is 16.7. The molecule has 2 N–H and O–H groups in total. The second kappa shape index (κ2) is 13.2. The molecule has 29 heavy (non-hydrogen) atoms. The number of halogens is 3. The standard InChI is InChI=1S/C18H26F2N6O2.HI/c1-13-24-25-17(26(13)2)12-23-18(21-7-4-9-27-3)22-8-10-28-16-6-5-14(19)11-15(16)20;/h5-6,11H,4,7-10,12H2,1-3H3,(H2,21,22,23);1H. The number of guanidine groups is 1. The van der Waals surface area contributed by atoms with E-state index in [1.165, 1.54) is 6.07 Å². The Morgan fingerprint density at radius 1 is 1.17 bits per heavy atom. The quantitative estimate of drug-likeness (QED) is 0.215. The van der Waals surface area contributed by atoms with Crippen molar-refractivity contribution in [3.8, 4) is 5.75 Å². The fourth-order valence-corrected chi connectivity index (χ4v) is 2.26. The molecule has 0 aliphatic heterocycles. The predicted octanol–water partition coefficient (Wildman–Crippen LogP) is 2.17. The molecule has 1 aromatic carbocycles. The lowest BCUT2D eigenvalue weighted by molar-refractivity contribution is 0.195. The van der Waals surface area contributed by atoms with Gasteiger partial charge >= 0.3 is 0 Å². The van der Waals surface area contributed by atoms with Gasteiger partial charge in [-0.2, -0.15) is 0 Å². The van der Waals surface area contributed by atoms with Crippen LogP contribution < -0.4 is 15.4 Å². The van der Waals surface area contributed by atoms with E-state index in [2.05, 4.69) is 25.8 Å². The molecule has 0 spiro atoms. The second-order valence-corrected chi connectivity index (χ2v) is 6.01. The summed E-state index contributed by atoms with van der Waals surface area (Å²) in [5, 5.41) is 14.4. The van der Waals surface area contributed by atoms with E-state index in [-0.39, 0.29) is 36.3 Å². The maximum Gasteiger partial charge on any atom is 0.191 e. The van der Waals surface area contributed by atoms with Gasteiger partial charge in [0.25, 0.3) is 0 Å². The lowest BCUT2D eigenvalue weighted by Gasteiger charge is -2.13. The number of rotatable bonds is 10. The number of hydrogen-bond acceptors (Lipinski definition) is 5. The van der Waals surface area contributed by atoms with Gasteiger partial charge in [-0.25, -0.2) is 13.8 Å². The fraction of sp³-hybridized carbons (Fsp3) is 0.500. The van der Waals surface area contributed by atoms with Crippen molar-refractivity contribution in [2.75, 3.05) is 33.4 Å². The molecule has 0 atom stereocenters. The van der Waals surface area contributed by atoms with Crippen LogP contribution in [0.3, 0.4) is 0 Å². The molecular weight excluding hydrogens is 497 g/mol. The fourth-order valence-electron chi connectivity index (χ4n) is 2.26. The molecule has 0 saturated carbocycles. The topological polar surface area (TPSA) is 85.6 Å². The van der Waals surface area contributed by atoms with Crippen molar-refractivity contribution in [1.29, 1.82) is 0 Å². The Balaban J connectivity index is 0.00000420. The minimum Gasteiger partial charge on any atom is -0.489 e. The second-order valence-electron chi connectivity index (χ2n) is 6.01. The molecule has 0 amide bonds. The highest BCUT2D eigenvalue weighted by Gasteiger charge is 2.07. The maximum atomic E-state index is 13.6. The largest absolute Gasteiger partial charge is 0.489 e. The van der Waals surface area contributed by atoms with Gasteiger partial charge in [0, 0.05) is 33.4 Å². The summed E-state index contributed by atoms with van der Waals surface area (Å²) in [5.41, 5.74) is 0. The third-order valence-electron chi connectivity index (χ3n) is 3.93. The molecule has 0 radical (unpaired) electrons. The number of methoxy groups -OCH3 is 1. The minimum absolute atomic E-state index is 0. The van der Waals surface area contributed by atoms with Crippen LogP contribution >= 0.6 is 24.0 Å². The van der Waals surface area contributed by atoms with Crippen molar-refractivity contribution < 1.29 is 18.3 Å². The molecule has 1 aromatic heterocycles. The van der Waals surface area contributed by atoms with Crippen molar-refractivity contribution in [3.05, 3.63) is 41.5 Å². The van der Waals surface area contributed by atoms with Gasteiger partial charge in [-0.3, -0.25) is 0 Å². The van der Waals surface area contributed by atoms with Gasteiger partial charge in [-0.15, -0.1) is 34.2 Å². The average Bonchev–Trinajstić information content (AvgIpc) is 2.99. The molecule has 0 aliphatic carbocycles. The smallest absolute Gasteiger partial charge is 0.191 e. The van der Waals surface area contributed by atoms with Crippen LogP contribution in [-0.2, 0) is 18.3 Å². The molecule has 0 bridgehead atoms. The molecule has 162 valence electrons. The molecule has 2 aromatic rings. The Kier molecular flexibility index (Phi) is 11.4. The normalized spacial score (nSPS) is 11.1. The predicted molar refractivity (Wildman–Crippen MR) is 117 cm³/mol. The number of aliphatic imine (C=N–C) groups is 1. The van der Waals surface area contributed by atoms with Crippen LogP contribution in [0.15, 0.2) is 23.2 Å². The van der Waals surface area contributed by atoms with E-state index in [1.54, 1.807) is 7.11 Å². The van der Waals surface area contributed by atoms with Crippen molar-refractivity contribution >= 4 is 29.9 Å². The molecule has 0 aliphatic rings. The Morgan fingerprint density at radius 2 is 1.93 bits per heavy atom. The lowest BCUT2D eigenvalue weighted by atomic mass is 10.3. The summed E-state index contributed by atoms with van der Waals surface area (Å²) in [6.07, 6.45) is 0.817. The SMILES string of the molecule is COCCCNC(=NCc1nnc(C)n1C)NCCOc1ccc(F)cc1F.I. The average molecular weight is 524 g/mol. The van der Waals surface area contributed by atoms with Crippen molar-refractivity contribution in [2.45, 2.75) is 19.9 Å². The van der Waals surface area contributed by atoms with Crippen LogP contribution in [0.4, 0.5) is 8.78 Å². The monoisotopic (exact) mass is 524 g/mol. The summed E-state index contributed by atoms with van der Waals surface area (Å²) in [7, 11) is 3.53. The lowest BCUT2D eigenvalue weighted by Crippen LogP contribution is -2.40. The third-order valence-corrected chi connectivity index (χ3v) is 3.93. The summed E-state index contributed by atoms with van der Waals surface area (Å²) in [6.45, 7) is 4.09. The zero-order valence-corrected chi connectivity index (χ0v) is 19.1. The number of nitrogens with one attached hydrogen (secondary N) is 2. The highest BCUT2D eigenvalue weighted by Crippen LogP contribution is 2.17. The van der Waals surface area contributed by atoms with Gasteiger partial charge < -0.3 is 24.7 Å². The summed E-state index contributed by atoms with van der Waals surface area (Å²) >= 11 is 0. The van der Waals surface area contributed by atoms with E-state index in [4.69, 9.17) is 9.47 Å². The number of benzene rings is 1. The van der Waals surface area contributed by atoms with Gasteiger partial charge in [0.1, 0.15) is 24.8 Å². The summed E-state index contributed by atoms with van der Waals surface area (Å²) in [4.78, 5) is 4.49. The van der Waals surface area contributed by atoms with Gasteiger partial charge in [-0.1, -0.05) is 0 Å². The van der Waals surface area contributed by atoms with Crippen LogP contribution in [0.5, 0.6) is 5.75 Å². The number of ether oxygens (including phenoxy) is 2. The first-order valence-corrected chi connectivity index (χ1v) is 8.95. The summed E-state index contributed by atoms with van der Waals surface area (Å²) < 4.78 is 38.7. The number of nitrogens with zero attached hydrogens (tertiary/aromatic N) is 4. The first kappa shape index (κ1) is 25.0. The molecule has 0 unspecified atom stereocenters. The molecule has 1 heterocycles. The number of aryl methyl sites for hydroxylation is 1. The molecule has 8 nitrogen and oxygen atoms in total. The molecular formula is C18H27F2IN6O2. The first-order chi connectivity index (χ1) is 13.5. The van der Waals surface area contributed by atoms with Crippen LogP contribution in [-0.4, -0.2) is 54.1 Å². The Hall–Kier alpha value is -2.02. The Bertz CT molecular complexity index is 788. The Morgan fingerprint density at radius 3 is 2.59 bits per heavy atom. The van der Waals surface area contributed by atoms with Crippen molar-refractivity contribution in [1.82, 2.24) is 25.4 Å². The van der Waals surface area contributed by atoms with Crippen LogP contribution in [0, 0.1) is 18.6 Å². The van der Waals surface area contributed by atoms with E-state index in [0.29, 0.717) is 32.2 Å². The summed E-state index contributed by atoms with van der Waals surface area (Å²) in [5.74, 6) is 0.743. The van der Waals surface area contributed by atoms with Crippen molar-refractivity contribution in [3.63, 3.8) is 0 Å². The maximum absolute atomic E-state index is 13.6. The van der Waals surface area contributed by atoms with Gasteiger partial charge in [0.2, 0.25) is 0 Å². The molecule has 11 heteroatoms. The van der Waals surface area contributed by atoms with E-state index in [9.17, 15) is 8.78 Å². The Labute approximate surface area is 186 Å². The minimum atomic E-state index is -0.732. The van der Waals surface area contributed by atoms with Crippen LogP contribution in [0.25, 0.3) is 0 Å². The summed E-state index contributed by atoms with van der Waals surface area (Å²) in [6, 6.07) is 3.20. The van der Waals surface area contributed by atoms with Gasteiger partial charge in [0.05, 0.1) is 6.54 Å². The highest BCUT2D eigenvalue weighted by atomic mass is 127. The van der Waals surface area contributed by atoms with E-state index in [1.807, 2.05) is 18.5 Å². The third kappa shape index (κ3) is 8.48. The highest BCUT2D eigenvalue weighted by molar-refractivity contribution is 14.0. The van der Waals surface area contributed by atoms with Crippen LogP contribution in [0.1, 0.15) is 18.1 Å². The van der Waals surface area contributed by atoms with E-state index >= 15 is 0 Å². The van der Waals surface area contributed by atoms with E-state index in [0.717, 1.165) is 30.2 Å². The zero-order chi connectivity index (χ0) is 20.4. The first-order valence-electron chi connectivity index (χ1n) is 8.95. The van der Waals surface area contributed by atoms with Crippen LogP contribution in [0.2, 0.25) is 0 Å². The number of hydrogen-bond donors (Lipinski definition) is 2. The molecule has 2 rings (SSSR count). The van der Waals surface area contributed by atoms with E-state index < -0.39 is 11.6 Å². The van der Waals surface area contributed by atoms with Gasteiger partial charge in [0.15, 0.2) is 23.4 Å².